The number of pyridine rings is 1. The maximum absolute atomic E-state index is 14.2. The summed E-state index contributed by atoms with van der Waals surface area (Å²) in [6.07, 6.45) is -1.16. The van der Waals surface area contributed by atoms with Gasteiger partial charge in [0.25, 0.3) is 0 Å². The van der Waals surface area contributed by atoms with Crippen molar-refractivity contribution in [3.63, 3.8) is 0 Å². The van der Waals surface area contributed by atoms with Crippen LogP contribution in [0.5, 0.6) is 5.75 Å². The van der Waals surface area contributed by atoms with Crippen molar-refractivity contribution in [2.24, 2.45) is 17.1 Å². The monoisotopic (exact) mass is 469 g/mol. The second-order valence-electron chi connectivity index (χ2n) is 8.76. The first-order valence-corrected chi connectivity index (χ1v) is 10.7. The van der Waals surface area contributed by atoms with E-state index in [1.165, 1.54) is 24.5 Å². The van der Waals surface area contributed by atoms with Gasteiger partial charge in [-0.2, -0.15) is 13.2 Å². The van der Waals surface area contributed by atoms with Crippen molar-refractivity contribution in [1.29, 1.82) is 0 Å². The molecular weight excluding hydrogens is 443 g/mol. The first-order chi connectivity index (χ1) is 15.0. The van der Waals surface area contributed by atoms with Gasteiger partial charge < -0.3 is 15.7 Å². The molecular formula is C23H27ClF3N3O2. The third kappa shape index (κ3) is 5.02. The van der Waals surface area contributed by atoms with Gasteiger partial charge in [0.2, 0.25) is 5.91 Å². The van der Waals surface area contributed by atoms with Gasteiger partial charge in [0.15, 0.2) is 0 Å². The number of aromatic nitrogens is 1. The van der Waals surface area contributed by atoms with Gasteiger partial charge in [-0.3, -0.25) is 9.78 Å². The first kappa shape index (κ1) is 24.3. The highest BCUT2D eigenvalue weighted by Gasteiger charge is 2.69. The Balaban J connectivity index is 1.98. The Labute approximate surface area is 190 Å². The van der Waals surface area contributed by atoms with Crippen LogP contribution < -0.4 is 5.73 Å². The summed E-state index contributed by atoms with van der Waals surface area (Å²) in [5.41, 5.74) is 4.84. The topological polar surface area (TPSA) is 79.5 Å². The number of hydrogen-bond donors (Lipinski definition) is 2. The summed E-state index contributed by atoms with van der Waals surface area (Å²) in [5.74, 6) is -2.91. The lowest BCUT2D eigenvalue weighted by molar-refractivity contribution is -0.198. The lowest BCUT2D eigenvalue weighted by atomic mass is 9.71. The Kier molecular flexibility index (Phi) is 7.05. The molecule has 0 saturated heterocycles. The standard InChI is InChI=1S/C23H27ClF3N3O2/c1-30(2)16(10-14-5-6-17(31)12-19(14)24)11-18(21(28)32)20(15-4-3-9-29-13-15)22(7-8-22)23(25,26)27/h3-6,9,12-13,16,18,20,31H,7-8,10-11H2,1-2H3,(H2,28,32)/t16-,18?,20?/m1/s1. The van der Waals surface area contributed by atoms with Crippen molar-refractivity contribution in [3.05, 3.63) is 58.9 Å². The predicted molar refractivity (Wildman–Crippen MR) is 116 cm³/mol. The number of primary amides is 1. The van der Waals surface area contributed by atoms with Crippen LogP contribution in [-0.2, 0) is 11.2 Å². The predicted octanol–water partition coefficient (Wildman–Crippen LogP) is 4.53. The third-order valence-electron chi connectivity index (χ3n) is 6.51. The highest BCUT2D eigenvalue weighted by molar-refractivity contribution is 6.31. The van der Waals surface area contributed by atoms with Gasteiger partial charge in [0, 0.05) is 35.3 Å². The van der Waals surface area contributed by atoms with Crippen molar-refractivity contribution < 1.29 is 23.1 Å². The molecule has 1 saturated carbocycles. The number of rotatable bonds is 9. The molecule has 174 valence electrons. The molecule has 3 atom stereocenters. The van der Waals surface area contributed by atoms with Crippen LogP contribution in [0.15, 0.2) is 42.7 Å². The van der Waals surface area contributed by atoms with E-state index in [1.807, 2.05) is 4.90 Å². The SMILES string of the molecule is CN(C)[C@H](Cc1ccc(O)cc1Cl)CC(C(N)=O)C(c1cccnc1)C1(C(F)(F)F)CC1. The van der Waals surface area contributed by atoms with E-state index in [9.17, 15) is 23.1 Å². The number of alkyl halides is 3. The zero-order valence-corrected chi connectivity index (χ0v) is 18.7. The number of carbonyl (C=O) groups is 1. The molecule has 1 heterocycles. The van der Waals surface area contributed by atoms with Gasteiger partial charge in [-0.25, -0.2) is 0 Å². The van der Waals surface area contributed by atoms with Crippen molar-refractivity contribution in [3.8, 4) is 5.75 Å². The van der Waals surface area contributed by atoms with Crippen LogP contribution >= 0.6 is 11.6 Å². The fourth-order valence-electron chi connectivity index (χ4n) is 4.54. The molecule has 1 aromatic carbocycles. The molecule has 3 N–H and O–H groups in total. The van der Waals surface area contributed by atoms with E-state index in [4.69, 9.17) is 17.3 Å². The average Bonchev–Trinajstić information content (AvgIpc) is 3.50. The molecule has 1 aliphatic rings. The number of benzene rings is 1. The summed E-state index contributed by atoms with van der Waals surface area (Å²) < 4.78 is 42.5. The van der Waals surface area contributed by atoms with Crippen LogP contribution in [0, 0.1) is 11.3 Å². The Hall–Kier alpha value is -2.32. The number of phenols is 1. The zero-order chi connectivity index (χ0) is 23.7. The van der Waals surface area contributed by atoms with E-state index in [0.29, 0.717) is 17.0 Å². The Bertz CT molecular complexity index is 949. The summed E-state index contributed by atoms with van der Waals surface area (Å²) in [6.45, 7) is 0. The zero-order valence-electron chi connectivity index (χ0n) is 17.9. The number of phenolic OH excluding ortho intramolecular Hbond substituents is 1. The molecule has 0 radical (unpaired) electrons. The molecule has 2 unspecified atom stereocenters. The molecule has 0 aliphatic heterocycles. The maximum atomic E-state index is 14.2. The van der Waals surface area contributed by atoms with Gasteiger partial charge >= 0.3 is 6.18 Å². The van der Waals surface area contributed by atoms with Gasteiger partial charge in [0.1, 0.15) is 5.75 Å². The number of aromatic hydroxyl groups is 1. The Morgan fingerprint density at radius 3 is 2.47 bits per heavy atom. The molecule has 0 bridgehead atoms. The van der Waals surface area contributed by atoms with Crippen LogP contribution in [0.4, 0.5) is 13.2 Å². The molecule has 1 aliphatic carbocycles. The lowest BCUT2D eigenvalue weighted by Crippen LogP contribution is -2.43. The molecule has 1 fully saturated rings. The number of amides is 1. The highest BCUT2D eigenvalue weighted by Crippen LogP contribution is 2.67. The smallest absolute Gasteiger partial charge is 0.395 e. The molecule has 3 rings (SSSR count). The molecule has 1 aromatic heterocycles. The molecule has 1 amide bonds. The number of halogens is 4. The lowest BCUT2D eigenvalue weighted by Gasteiger charge is -2.37. The van der Waals surface area contributed by atoms with Gasteiger partial charge in [0.05, 0.1) is 5.41 Å². The summed E-state index contributed by atoms with van der Waals surface area (Å²) >= 11 is 6.25. The van der Waals surface area contributed by atoms with Crippen molar-refractivity contribution >= 4 is 17.5 Å². The van der Waals surface area contributed by atoms with E-state index < -0.39 is 29.3 Å². The minimum atomic E-state index is -4.46. The summed E-state index contributed by atoms with van der Waals surface area (Å²) in [5, 5.41) is 9.95. The fourth-order valence-corrected chi connectivity index (χ4v) is 4.80. The largest absolute Gasteiger partial charge is 0.508 e. The molecule has 9 heteroatoms. The fraction of sp³-hybridized carbons (Fsp3) is 0.478. The minimum Gasteiger partial charge on any atom is -0.508 e. The van der Waals surface area contributed by atoms with E-state index in [0.717, 1.165) is 5.56 Å². The summed E-state index contributed by atoms with van der Waals surface area (Å²) in [4.78, 5) is 18.4. The number of nitrogens with zero attached hydrogens (tertiary/aromatic N) is 2. The van der Waals surface area contributed by atoms with Crippen molar-refractivity contribution in [2.75, 3.05) is 14.1 Å². The van der Waals surface area contributed by atoms with Crippen LogP contribution in [-0.4, -0.2) is 47.2 Å². The maximum Gasteiger partial charge on any atom is 0.395 e. The minimum absolute atomic E-state index is 0.0210. The average molecular weight is 470 g/mol. The van der Waals surface area contributed by atoms with E-state index in [2.05, 4.69) is 4.98 Å². The normalized spacial score (nSPS) is 18.2. The molecule has 2 aromatic rings. The van der Waals surface area contributed by atoms with Gasteiger partial charge in [-0.15, -0.1) is 0 Å². The number of hydrogen-bond acceptors (Lipinski definition) is 4. The second kappa shape index (κ2) is 9.27. The summed E-state index contributed by atoms with van der Waals surface area (Å²) in [7, 11) is 3.60. The Morgan fingerprint density at radius 2 is 2.00 bits per heavy atom. The molecule has 5 nitrogen and oxygen atoms in total. The number of likely N-dealkylation sites (N-methyl/N-ethyl adjacent to an activating group) is 1. The third-order valence-corrected chi connectivity index (χ3v) is 6.86. The van der Waals surface area contributed by atoms with Crippen molar-refractivity contribution in [1.82, 2.24) is 9.88 Å². The van der Waals surface area contributed by atoms with Crippen LogP contribution in [0.25, 0.3) is 0 Å². The van der Waals surface area contributed by atoms with Crippen LogP contribution in [0.3, 0.4) is 0 Å². The first-order valence-electron chi connectivity index (χ1n) is 10.4. The van der Waals surface area contributed by atoms with Crippen LogP contribution in [0.1, 0.15) is 36.3 Å². The number of nitrogens with two attached hydrogens (primary N) is 1. The van der Waals surface area contributed by atoms with Gasteiger partial charge in [-0.05, 0) is 69.1 Å². The van der Waals surface area contributed by atoms with E-state index in [-0.39, 0.29) is 31.1 Å². The molecule has 32 heavy (non-hydrogen) atoms. The molecule has 0 spiro atoms. The van der Waals surface area contributed by atoms with Crippen molar-refractivity contribution in [2.45, 2.75) is 43.8 Å². The Morgan fingerprint density at radius 1 is 1.31 bits per heavy atom. The summed E-state index contributed by atoms with van der Waals surface area (Å²) in [6, 6.07) is 7.44. The van der Waals surface area contributed by atoms with E-state index >= 15 is 0 Å². The number of carbonyl (C=O) groups excluding carboxylic acids is 1. The van der Waals surface area contributed by atoms with Crippen LogP contribution in [0.2, 0.25) is 5.02 Å². The van der Waals surface area contributed by atoms with Gasteiger partial charge in [-0.1, -0.05) is 23.7 Å². The quantitative estimate of drug-likeness (QED) is 0.565. The highest BCUT2D eigenvalue weighted by atomic mass is 35.5. The second-order valence-corrected chi connectivity index (χ2v) is 9.17. The van der Waals surface area contributed by atoms with E-state index in [1.54, 1.807) is 32.3 Å².